The maximum Gasteiger partial charge on any atom is 0.0663 e. The monoisotopic (exact) mass is 305 g/mol. The molecule has 0 aliphatic rings. The number of hydrogen-bond acceptors (Lipinski definition) is 2. The number of rotatable bonds is 7. The molecular formula is C17H24ClN3. The highest BCUT2D eigenvalue weighted by Gasteiger charge is 2.11. The van der Waals surface area contributed by atoms with Crippen molar-refractivity contribution in [1.29, 1.82) is 0 Å². The van der Waals surface area contributed by atoms with Gasteiger partial charge in [0.2, 0.25) is 0 Å². The lowest BCUT2D eigenvalue weighted by Crippen LogP contribution is -2.19. The molecule has 0 fully saturated rings. The van der Waals surface area contributed by atoms with E-state index in [2.05, 4.69) is 31.2 Å². The quantitative estimate of drug-likeness (QED) is 0.830. The van der Waals surface area contributed by atoms with Gasteiger partial charge in [0.1, 0.15) is 0 Å². The Hall–Kier alpha value is -1.32. The molecule has 1 aromatic carbocycles. The molecule has 3 nitrogen and oxygen atoms in total. The van der Waals surface area contributed by atoms with Gasteiger partial charge in [-0.1, -0.05) is 44.9 Å². The molecule has 1 aromatic heterocycles. The molecule has 2 aromatic rings. The number of halogens is 1. The van der Waals surface area contributed by atoms with Gasteiger partial charge in [-0.3, -0.25) is 0 Å². The van der Waals surface area contributed by atoms with Crippen LogP contribution >= 0.6 is 11.6 Å². The Morgan fingerprint density at radius 3 is 2.81 bits per heavy atom. The third kappa shape index (κ3) is 4.32. The fraction of sp³-hybridized carbons (Fsp3) is 0.471. The molecule has 1 heterocycles. The molecule has 0 aliphatic heterocycles. The van der Waals surface area contributed by atoms with E-state index in [1.54, 1.807) is 0 Å². The minimum absolute atomic E-state index is 0.655. The van der Waals surface area contributed by atoms with Crippen molar-refractivity contribution < 1.29 is 0 Å². The van der Waals surface area contributed by atoms with Crippen LogP contribution < -0.4 is 5.32 Å². The van der Waals surface area contributed by atoms with Crippen molar-refractivity contribution >= 4 is 11.6 Å². The highest BCUT2D eigenvalue weighted by molar-refractivity contribution is 6.30. The molecule has 114 valence electrons. The first-order valence-corrected chi connectivity index (χ1v) is 8.02. The molecule has 0 spiro atoms. The molecule has 2 rings (SSSR count). The van der Waals surface area contributed by atoms with Crippen molar-refractivity contribution in [2.24, 2.45) is 5.92 Å². The smallest absolute Gasteiger partial charge is 0.0663 e. The normalized spacial score (nSPS) is 11.3. The molecule has 0 saturated heterocycles. The Kier molecular flexibility index (Phi) is 5.83. The number of nitrogens with zero attached hydrogens (tertiary/aromatic N) is 2. The minimum atomic E-state index is 0.655. The summed E-state index contributed by atoms with van der Waals surface area (Å²) in [5.74, 6) is 0.655. The van der Waals surface area contributed by atoms with E-state index in [4.69, 9.17) is 11.6 Å². The van der Waals surface area contributed by atoms with Crippen molar-refractivity contribution in [3.05, 3.63) is 46.7 Å². The van der Waals surface area contributed by atoms with E-state index >= 15 is 0 Å². The Labute approximate surface area is 132 Å². The van der Waals surface area contributed by atoms with Crippen LogP contribution in [0.3, 0.4) is 0 Å². The minimum Gasteiger partial charge on any atom is -0.312 e. The molecule has 0 radical (unpaired) electrons. The summed E-state index contributed by atoms with van der Waals surface area (Å²) in [4.78, 5) is 0. The fourth-order valence-electron chi connectivity index (χ4n) is 2.38. The summed E-state index contributed by atoms with van der Waals surface area (Å²) in [6.07, 6.45) is 4.09. The highest BCUT2D eigenvalue weighted by atomic mass is 35.5. The van der Waals surface area contributed by atoms with Gasteiger partial charge in [0, 0.05) is 22.8 Å². The molecule has 1 N–H and O–H groups in total. The summed E-state index contributed by atoms with van der Waals surface area (Å²) in [6, 6.07) is 7.85. The summed E-state index contributed by atoms with van der Waals surface area (Å²) in [6.45, 7) is 8.52. The lowest BCUT2D eigenvalue weighted by atomic mass is 10.1. The van der Waals surface area contributed by atoms with Gasteiger partial charge in [0.25, 0.3) is 0 Å². The van der Waals surface area contributed by atoms with E-state index in [1.807, 2.05) is 35.1 Å². The van der Waals surface area contributed by atoms with E-state index in [-0.39, 0.29) is 0 Å². The van der Waals surface area contributed by atoms with Gasteiger partial charge >= 0.3 is 0 Å². The zero-order valence-electron chi connectivity index (χ0n) is 13.1. The van der Waals surface area contributed by atoms with Crippen molar-refractivity contribution in [2.45, 2.75) is 40.2 Å². The highest BCUT2D eigenvalue weighted by Crippen LogP contribution is 2.19. The van der Waals surface area contributed by atoms with Gasteiger partial charge in [0.15, 0.2) is 0 Å². The van der Waals surface area contributed by atoms with Gasteiger partial charge in [-0.05, 0) is 37.1 Å². The first kappa shape index (κ1) is 16.1. The second-order valence-electron chi connectivity index (χ2n) is 5.78. The van der Waals surface area contributed by atoms with Crippen molar-refractivity contribution in [2.75, 3.05) is 6.54 Å². The standard InChI is InChI=1S/C17H24ClN3/c1-4-6-17-14(11-19-10-13(2)3)12-20-21(17)16-8-5-7-15(18)9-16/h5,7-9,12-13,19H,4,6,10-11H2,1-3H3. The SMILES string of the molecule is CCCc1c(CNCC(C)C)cnn1-c1cccc(Cl)c1. The molecule has 21 heavy (non-hydrogen) atoms. The van der Waals surface area contributed by atoms with Crippen molar-refractivity contribution in [3.63, 3.8) is 0 Å². The van der Waals surface area contributed by atoms with Crippen LogP contribution in [0.2, 0.25) is 5.02 Å². The van der Waals surface area contributed by atoms with Crippen molar-refractivity contribution in [1.82, 2.24) is 15.1 Å². The van der Waals surface area contributed by atoms with Crippen LogP contribution in [-0.4, -0.2) is 16.3 Å². The maximum atomic E-state index is 6.10. The first-order valence-electron chi connectivity index (χ1n) is 7.64. The van der Waals surface area contributed by atoms with Crippen molar-refractivity contribution in [3.8, 4) is 5.69 Å². The number of hydrogen-bond donors (Lipinski definition) is 1. The predicted molar refractivity (Wildman–Crippen MR) is 89.1 cm³/mol. The van der Waals surface area contributed by atoms with Gasteiger partial charge in [-0.15, -0.1) is 0 Å². The van der Waals surface area contributed by atoms with Crippen LogP contribution in [0, 0.1) is 5.92 Å². The topological polar surface area (TPSA) is 29.9 Å². The summed E-state index contributed by atoms with van der Waals surface area (Å²) in [5.41, 5.74) is 3.58. The van der Waals surface area contributed by atoms with Gasteiger partial charge in [-0.25, -0.2) is 4.68 Å². The van der Waals surface area contributed by atoms with Crippen LogP contribution in [0.5, 0.6) is 0 Å². The lowest BCUT2D eigenvalue weighted by molar-refractivity contribution is 0.550. The third-order valence-electron chi connectivity index (χ3n) is 3.36. The second kappa shape index (κ2) is 7.62. The zero-order chi connectivity index (χ0) is 15.2. The lowest BCUT2D eigenvalue weighted by Gasteiger charge is -2.11. The zero-order valence-corrected chi connectivity index (χ0v) is 13.8. The molecule has 0 atom stereocenters. The molecule has 0 amide bonds. The summed E-state index contributed by atoms with van der Waals surface area (Å²) in [7, 11) is 0. The average molecular weight is 306 g/mol. The van der Waals surface area contributed by atoms with E-state index in [0.29, 0.717) is 5.92 Å². The Bertz CT molecular complexity index is 575. The third-order valence-corrected chi connectivity index (χ3v) is 3.60. The van der Waals surface area contributed by atoms with Gasteiger partial charge in [0.05, 0.1) is 11.9 Å². The fourth-order valence-corrected chi connectivity index (χ4v) is 2.57. The molecule has 4 heteroatoms. The van der Waals surface area contributed by atoms with Crippen LogP contribution in [0.1, 0.15) is 38.4 Å². The number of nitrogens with one attached hydrogen (secondary N) is 1. The Balaban J connectivity index is 2.23. The van der Waals surface area contributed by atoms with Gasteiger partial charge in [-0.2, -0.15) is 5.10 Å². The number of aromatic nitrogens is 2. The summed E-state index contributed by atoms with van der Waals surface area (Å²) in [5, 5.41) is 8.80. The Morgan fingerprint density at radius 1 is 1.33 bits per heavy atom. The second-order valence-corrected chi connectivity index (χ2v) is 6.22. The average Bonchev–Trinajstić information content (AvgIpc) is 2.82. The number of benzene rings is 1. The van der Waals surface area contributed by atoms with Crippen LogP contribution in [0.15, 0.2) is 30.5 Å². The largest absolute Gasteiger partial charge is 0.312 e. The molecule has 0 aliphatic carbocycles. The Morgan fingerprint density at radius 2 is 2.14 bits per heavy atom. The van der Waals surface area contributed by atoms with E-state index in [1.165, 1.54) is 11.3 Å². The van der Waals surface area contributed by atoms with E-state index in [9.17, 15) is 0 Å². The molecule has 0 unspecified atom stereocenters. The predicted octanol–water partition coefficient (Wildman–Crippen LogP) is 4.22. The van der Waals surface area contributed by atoms with E-state index < -0.39 is 0 Å². The summed E-state index contributed by atoms with van der Waals surface area (Å²) >= 11 is 6.10. The first-order chi connectivity index (χ1) is 10.1. The van der Waals surface area contributed by atoms with Crippen LogP contribution in [-0.2, 0) is 13.0 Å². The molecule has 0 bridgehead atoms. The molecule has 0 saturated carbocycles. The molecular weight excluding hydrogens is 282 g/mol. The maximum absolute atomic E-state index is 6.10. The van der Waals surface area contributed by atoms with Gasteiger partial charge < -0.3 is 5.32 Å². The summed E-state index contributed by atoms with van der Waals surface area (Å²) < 4.78 is 2.02. The van der Waals surface area contributed by atoms with Crippen LogP contribution in [0.25, 0.3) is 5.69 Å². The van der Waals surface area contributed by atoms with E-state index in [0.717, 1.165) is 36.6 Å². The van der Waals surface area contributed by atoms with Crippen LogP contribution in [0.4, 0.5) is 0 Å².